The van der Waals surface area contributed by atoms with Crippen LogP contribution in [0.25, 0.3) is 0 Å². The molecule has 14 heavy (non-hydrogen) atoms. The Hall–Kier alpha value is -1.42. The zero-order valence-corrected chi connectivity index (χ0v) is 8.04. The van der Waals surface area contributed by atoms with Crippen molar-refractivity contribution in [3.8, 4) is 0 Å². The molecule has 0 bridgehead atoms. The van der Waals surface area contributed by atoms with Crippen molar-refractivity contribution in [1.29, 1.82) is 0 Å². The van der Waals surface area contributed by atoms with E-state index in [2.05, 4.69) is 9.97 Å². The Balaban J connectivity index is 2.19. The van der Waals surface area contributed by atoms with Crippen LogP contribution in [0.3, 0.4) is 0 Å². The summed E-state index contributed by atoms with van der Waals surface area (Å²) >= 11 is 1.48. The zero-order chi connectivity index (χ0) is 9.80. The maximum Gasteiger partial charge on any atom is 0.213 e. The van der Waals surface area contributed by atoms with Gasteiger partial charge in [-0.1, -0.05) is 11.8 Å². The van der Waals surface area contributed by atoms with Gasteiger partial charge in [0.25, 0.3) is 0 Å². The second-order valence-electron chi connectivity index (χ2n) is 2.60. The highest BCUT2D eigenvalue weighted by atomic mass is 32.2. The standard InChI is InChI=1S/C10H7FN2S/c11-10-7-9(3-6-13-10)14-8-1-4-12-5-2-8/h1-7H. The molecule has 0 saturated heterocycles. The lowest BCUT2D eigenvalue weighted by Crippen LogP contribution is -1.81. The quantitative estimate of drug-likeness (QED) is 0.706. The molecule has 0 atom stereocenters. The zero-order valence-electron chi connectivity index (χ0n) is 7.22. The summed E-state index contributed by atoms with van der Waals surface area (Å²) in [4.78, 5) is 9.26. The lowest BCUT2D eigenvalue weighted by Gasteiger charge is -1.99. The molecule has 0 aliphatic heterocycles. The number of pyridine rings is 2. The fourth-order valence-corrected chi connectivity index (χ4v) is 1.81. The van der Waals surface area contributed by atoms with Gasteiger partial charge in [-0.3, -0.25) is 4.98 Å². The Morgan fingerprint density at radius 3 is 2.43 bits per heavy atom. The van der Waals surface area contributed by atoms with Gasteiger partial charge in [-0.05, 0) is 18.2 Å². The third kappa shape index (κ3) is 2.29. The van der Waals surface area contributed by atoms with Crippen molar-refractivity contribution in [2.45, 2.75) is 9.79 Å². The lowest BCUT2D eigenvalue weighted by molar-refractivity contribution is 0.579. The van der Waals surface area contributed by atoms with E-state index in [-0.39, 0.29) is 0 Å². The number of aromatic nitrogens is 2. The summed E-state index contributed by atoms with van der Waals surface area (Å²) in [5.74, 6) is -0.455. The van der Waals surface area contributed by atoms with E-state index in [1.807, 2.05) is 12.1 Å². The van der Waals surface area contributed by atoms with E-state index in [9.17, 15) is 4.39 Å². The fraction of sp³-hybridized carbons (Fsp3) is 0. The van der Waals surface area contributed by atoms with Crippen LogP contribution in [0.5, 0.6) is 0 Å². The van der Waals surface area contributed by atoms with Crippen LogP contribution in [0.2, 0.25) is 0 Å². The first-order valence-corrected chi connectivity index (χ1v) is 4.86. The highest BCUT2D eigenvalue weighted by molar-refractivity contribution is 7.99. The molecule has 0 aromatic carbocycles. The molecule has 0 aliphatic carbocycles. The Labute approximate surface area is 85.2 Å². The third-order valence-corrected chi connectivity index (χ3v) is 2.58. The molecule has 70 valence electrons. The van der Waals surface area contributed by atoms with Crippen LogP contribution in [0.4, 0.5) is 4.39 Å². The average molecular weight is 206 g/mol. The molecule has 0 aliphatic rings. The van der Waals surface area contributed by atoms with Gasteiger partial charge < -0.3 is 0 Å². The van der Waals surface area contributed by atoms with Crippen LogP contribution in [-0.2, 0) is 0 Å². The van der Waals surface area contributed by atoms with Gasteiger partial charge in [0.05, 0.1) is 0 Å². The second kappa shape index (κ2) is 4.19. The van der Waals surface area contributed by atoms with Crippen LogP contribution in [0, 0.1) is 5.95 Å². The molecule has 2 rings (SSSR count). The van der Waals surface area contributed by atoms with E-state index in [4.69, 9.17) is 0 Å². The summed E-state index contributed by atoms with van der Waals surface area (Å²) in [5.41, 5.74) is 0. The molecule has 0 fully saturated rings. The first-order valence-electron chi connectivity index (χ1n) is 4.04. The van der Waals surface area contributed by atoms with E-state index < -0.39 is 5.95 Å². The summed E-state index contributed by atoms with van der Waals surface area (Å²) in [6.07, 6.45) is 4.87. The van der Waals surface area contributed by atoms with Crippen LogP contribution >= 0.6 is 11.8 Å². The molecule has 4 heteroatoms. The third-order valence-electron chi connectivity index (χ3n) is 1.58. The lowest BCUT2D eigenvalue weighted by atomic mass is 10.5. The topological polar surface area (TPSA) is 25.8 Å². The minimum atomic E-state index is -0.455. The smallest absolute Gasteiger partial charge is 0.213 e. The molecule has 0 N–H and O–H groups in total. The van der Waals surface area contributed by atoms with Crippen molar-refractivity contribution in [1.82, 2.24) is 9.97 Å². The number of rotatable bonds is 2. The number of nitrogens with zero attached hydrogens (tertiary/aromatic N) is 2. The van der Waals surface area contributed by atoms with Gasteiger partial charge in [-0.15, -0.1) is 0 Å². The predicted molar refractivity (Wildman–Crippen MR) is 52.6 cm³/mol. The van der Waals surface area contributed by atoms with Crippen molar-refractivity contribution >= 4 is 11.8 Å². The van der Waals surface area contributed by atoms with Crippen molar-refractivity contribution < 1.29 is 4.39 Å². The molecule has 0 spiro atoms. The summed E-state index contributed by atoms with van der Waals surface area (Å²) in [7, 11) is 0. The SMILES string of the molecule is Fc1cc(Sc2ccncc2)ccn1. The molecule has 2 aromatic heterocycles. The predicted octanol–water partition coefficient (Wildman–Crippen LogP) is 2.77. The highest BCUT2D eigenvalue weighted by Gasteiger charge is 1.98. The first-order chi connectivity index (χ1) is 6.84. The van der Waals surface area contributed by atoms with Gasteiger partial charge in [0.2, 0.25) is 5.95 Å². The van der Waals surface area contributed by atoms with Crippen LogP contribution in [0.1, 0.15) is 0 Å². The monoisotopic (exact) mass is 206 g/mol. The summed E-state index contributed by atoms with van der Waals surface area (Å²) in [5, 5.41) is 0. The molecular formula is C10H7FN2S. The fourth-order valence-electron chi connectivity index (χ4n) is 0.991. The van der Waals surface area contributed by atoms with Crippen molar-refractivity contribution in [2.24, 2.45) is 0 Å². The Morgan fingerprint density at radius 2 is 1.71 bits per heavy atom. The molecule has 2 aromatic rings. The molecular weight excluding hydrogens is 199 g/mol. The minimum Gasteiger partial charge on any atom is -0.265 e. The molecule has 0 amide bonds. The summed E-state index contributed by atoms with van der Waals surface area (Å²) in [6.45, 7) is 0. The van der Waals surface area contributed by atoms with Crippen LogP contribution < -0.4 is 0 Å². The van der Waals surface area contributed by atoms with E-state index in [0.29, 0.717) is 0 Å². The Morgan fingerprint density at radius 1 is 1.00 bits per heavy atom. The Kier molecular flexibility index (Phi) is 2.74. The van der Waals surface area contributed by atoms with Crippen molar-refractivity contribution in [2.75, 3.05) is 0 Å². The van der Waals surface area contributed by atoms with E-state index in [1.165, 1.54) is 24.0 Å². The molecule has 0 radical (unpaired) electrons. The van der Waals surface area contributed by atoms with Gasteiger partial charge in [-0.25, -0.2) is 4.98 Å². The van der Waals surface area contributed by atoms with Crippen LogP contribution in [0.15, 0.2) is 52.6 Å². The summed E-state index contributed by atoms with van der Waals surface area (Å²) < 4.78 is 12.7. The largest absolute Gasteiger partial charge is 0.265 e. The molecule has 2 nitrogen and oxygen atoms in total. The number of hydrogen-bond donors (Lipinski definition) is 0. The van der Waals surface area contributed by atoms with Crippen molar-refractivity contribution in [3.05, 3.63) is 48.8 Å². The summed E-state index contributed by atoms with van der Waals surface area (Å²) in [6, 6.07) is 6.94. The van der Waals surface area contributed by atoms with Gasteiger partial charge in [0.1, 0.15) is 0 Å². The van der Waals surface area contributed by atoms with Gasteiger partial charge in [-0.2, -0.15) is 4.39 Å². The molecule has 0 unspecified atom stereocenters. The van der Waals surface area contributed by atoms with Crippen LogP contribution in [-0.4, -0.2) is 9.97 Å². The number of halogens is 1. The maximum absolute atomic E-state index is 12.7. The molecule has 2 heterocycles. The van der Waals surface area contributed by atoms with Gasteiger partial charge in [0.15, 0.2) is 0 Å². The second-order valence-corrected chi connectivity index (χ2v) is 3.75. The maximum atomic E-state index is 12.7. The molecule has 0 saturated carbocycles. The number of hydrogen-bond acceptors (Lipinski definition) is 3. The van der Waals surface area contributed by atoms with Gasteiger partial charge in [0, 0.05) is 34.4 Å². The van der Waals surface area contributed by atoms with Crippen molar-refractivity contribution in [3.63, 3.8) is 0 Å². The van der Waals surface area contributed by atoms with Gasteiger partial charge >= 0.3 is 0 Å². The highest BCUT2D eigenvalue weighted by Crippen LogP contribution is 2.26. The van der Waals surface area contributed by atoms with E-state index >= 15 is 0 Å². The Bertz CT molecular complexity index is 419. The minimum absolute atomic E-state index is 0.455. The van der Waals surface area contributed by atoms with E-state index in [0.717, 1.165) is 9.79 Å². The first kappa shape index (κ1) is 9.15. The van der Waals surface area contributed by atoms with E-state index in [1.54, 1.807) is 18.5 Å². The normalized spacial score (nSPS) is 10.1. The average Bonchev–Trinajstić information content (AvgIpc) is 2.19.